The van der Waals surface area contributed by atoms with Gasteiger partial charge in [-0.05, 0) is 77.7 Å². The first-order valence-corrected chi connectivity index (χ1v) is 10.6. The van der Waals surface area contributed by atoms with Crippen LogP contribution in [0, 0.1) is 5.82 Å². The molecule has 0 bridgehead atoms. The van der Waals surface area contributed by atoms with Crippen molar-refractivity contribution < 1.29 is 14.2 Å². The highest BCUT2D eigenvalue weighted by Gasteiger charge is 2.16. The summed E-state index contributed by atoms with van der Waals surface area (Å²) < 4.78 is 20.1. The first-order valence-electron chi connectivity index (χ1n) is 10.6. The molecule has 1 aromatic heterocycles. The van der Waals surface area contributed by atoms with Gasteiger partial charge < -0.3 is 15.2 Å². The lowest BCUT2D eigenvalue weighted by Gasteiger charge is -2.17. The fraction of sp³-hybridized carbons (Fsp3) is 0.192. The number of fused-ring (bicyclic) bond motifs is 1. The largest absolute Gasteiger partial charge is 0.505 e. The molecule has 0 aliphatic rings. The van der Waals surface area contributed by atoms with E-state index in [1.807, 2.05) is 43.4 Å². The van der Waals surface area contributed by atoms with Crippen molar-refractivity contribution in [3.8, 4) is 11.5 Å². The summed E-state index contributed by atoms with van der Waals surface area (Å²) in [6, 6.07) is 18.5. The molecule has 164 valence electrons. The van der Waals surface area contributed by atoms with Crippen molar-refractivity contribution >= 4 is 22.0 Å². The zero-order valence-corrected chi connectivity index (χ0v) is 18.2. The molecule has 32 heavy (non-hydrogen) atoms. The minimum absolute atomic E-state index is 0.362. The summed E-state index contributed by atoms with van der Waals surface area (Å²) in [7, 11) is 1.88. The second-order valence-electron chi connectivity index (χ2n) is 7.52. The van der Waals surface area contributed by atoms with Crippen LogP contribution in [0.25, 0.3) is 22.0 Å². The molecule has 0 saturated heterocycles. The van der Waals surface area contributed by atoms with E-state index in [9.17, 15) is 9.50 Å². The van der Waals surface area contributed by atoms with Crippen molar-refractivity contribution in [3.05, 3.63) is 89.4 Å². The van der Waals surface area contributed by atoms with E-state index in [-0.39, 0.29) is 5.75 Å². The predicted molar refractivity (Wildman–Crippen MR) is 126 cm³/mol. The van der Waals surface area contributed by atoms with E-state index in [4.69, 9.17) is 4.74 Å². The molecule has 0 fully saturated rings. The summed E-state index contributed by atoms with van der Waals surface area (Å²) in [6.45, 7) is 3.42. The van der Waals surface area contributed by atoms with Crippen molar-refractivity contribution in [1.29, 1.82) is 0 Å². The van der Waals surface area contributed by atoms with Gasteiger partial charge in [-0.3, -0.25) is 5.10 Å². The zero-order valence-electron chi connectivity index (χ0n) is 18.2. The van der Waals surface area contributed by atoms with Gasteiger partial charge in [-0.25, -0.2) is 4.39 Å². The van der Waals surface area contributed by atoms with E-state index in [1.165, 1.54) is 12.1 Å². The summed E-state index contributed by atoms with van der Waals surface area (Å²) >= 11 is 0. The number of ether oxygens (including phenoxy) is 1. The molecule has 0 amide bonds. The van der Waals surface area contributed by atoms with E-state index in [0.29, 0.717) is 12.2 Å². The minimum Gasteiger partial charge on any atom is -0.505 e. The molecule has 0 spiro atoms. The van der Waals surface area contributed by atoms with Gasteiger partial charge >= 0.3 is 0 Å². The number of aromatic amines is 1. The Balaban J connectivity index is 1.85. The highest BCUT2D eigenvalue weighted by atomic mass is 19.1. The van der Waals surface area contributed by atoms with Crippen molar-refractivity contribution in [3.63, 3.8) is 0 Å². The van der Waals surface area contributed by atoms with Crippen LogP contribution >= 0.6 is 0 Å². The molecule has 3 aromatic carbocycles. The van der Waals surface area contributed by atoms with Crippen molar-refractivity contribution in [2.45, 2.75) is 13.3 Å². The first-order chi connectivity index (χ1) is 15.6. The molecule has 0 aliphatic carbocycles. The van der Waals surface area contributed by atoms with Gasteiger partial charge in [0, 0.05) is 11.9 Å². The maximum Gasteiger partial charge on any atom is 0.165 e. The van der Waals surface area contributed by atoms with E-state index >= 15 is 0 Å². The normalized spacial score (nSPS) is 12.1. The Morgan fingerprint density at radius 1 is 1.03 bits per heavy atom. The van der Waals surface area contributed by atoms with Gasteiger partial charge in [0.1, 0.15) is 12.4 Å². The number of H-pyrrole nitrogens is 1. The molecule has 1 heterocycles. The third kappa shape index (κ3) is 4.50. The number of aromatic hydroxyl groups is 1. The van der Waals surface area contributed by atoms with Gasteiger partial charge in [-0.15, -0.1) is 0 Å². The number of nitrogens with one attached hydrogen (secondary N) is 2. The molecule has 0 aliphatic heterocycles. The molecule has 0 saturated carbocycles. The van der Waals surface area contributed by atoms with Crippen LogP contribution in [0.2, 0.25) is 0 Å². The van der Waals surface area contributed by atoms with Crippen LogP contribution in [0.5, 0.6) is 11.5 Å². The van der Waals surface area contributed by atoms with Gasteiger partial charge in [0.05, 0.1) is 11.7 Å². The van der Waals surface area contributed by atoms with Gasteiger partial charge in [0.2, 0.25) is 0 Å². The molecule has 4 rings (SSSR count). The smallest absolute Gasteiger partial charge is 0.165 e. The predicted octanol–water partition coefficient (Wildman–Crippen LogP) is 5.37. The summed E-state index contributed by atoms with van der Waals surface area (Å²) in [5.74, 6) is -0.231. The lowest BCUT2D eigenvalue weighted by Crippen LogP contribution is -2.15. The number of likely N-dealkylation sites (N-methyl/N-ethyl adjacent to an activating group) is 1. The molecule has 6 heteroatoms. The standard InChI is InChI=1S/C26H26FN3O2/c1-3-22(18-6-10-24-20(14-18)16-29-30-24)26(19-7-11-25(31)23(27)15-19)17-4-8-21(9-5-17)32-13-12-28-2/h4-11,14-16,28,31H,3,12-13H2,1-2H3,(H,29,30)/b26-22-. The van der Waals surface area contributed by atoms with Crippen LogP contribution in [-0.4, -0.2) is 35.5 Å². The minimum atomic E-state index is -0.646. The second kappa shape index (κ2) is 9.66. The number of hydrogen-bond donors (Lipinski definition) is 3. The number of halogens is 1. The molecule has 4 aromatic rings. The number of benzene rings is 3. The molecule has 0 radical (unpaired) electrons. The lowest BCUT2D eigenvalue weighted by molar-refractivity contribution is 0.318. The second-order valence-corrected chi connectivity index (χ2v) is 7.52. The molecule has 0 atom stereocenters. The maximum absolute atomic E-state index is 14.3. The van der Waals surface area contributed by atoms with E-state index in [0.717, 1.165) is 51.9 Å². The van der Waals surface area contributed by atoms with Crippen LogP contribution < -0.4 is 10.1 Å². The van der Waals surface area contributed by atoms with Crippen molar-refractivity contribution in [2.24, 2.45) is 0 Å². The molecular weight excluding hydrogens is 405 g/mol. The number of hydrogen-bond acceptors (Lipinski definition) is 4. The average molecular weight is 432 g/mol. The van der Waals surface area contributed by atoms with Crippen LogP contribution in [0.4, 0.5) is 4.39 Å². The summed E-state index contributed by atoms with van der Waals surface area (Å²) in [5.41, 5.74) is 5.63. The number of allylic oxidation sites excluding steroid dienone is 1. The summed E-state index contributed by atoms with van der Waals surface area (Å²) in [4.78, 5) is 0. The summed E-state index contributed by atoms with van der Waals surface area (Å²) in [6.07, 6.45) is 2.53. The number of phenolic OH excluding ortho intramolecular Hbond substituents is 1. The van der Waals surface area contributed by atoms with Gasteiger partial charge in [-0.1, -0.05) is 31.2 Å². The van der Waals surface area contributed by atoms with Gasteiger partial charge in [0.25, 0.3) is 0 Å². The van der Waals surface area contributed by atoms with Crippen LogP contribution in [0.1, 0.15) is 30.0 Å². The summed E-state index contributed by atoms with van der Waals surface area (Å²) in [5, 5.41) is 20.9. The van der Waals surface area contributed by atoms with Gasteiger partial charge in [-0.2, -0.15) is 5.10 Å². The monoisotopic (exact) mass is 431 g/mol. The fourth-order valence-corrected chi connectivity index (χ4v) is 3.82. The third-order valence-corrected chi connectivity index (χ3v) is 5.44. The SMILES string of the molecule is CC/C(=C(\c1ccc(OCCNC)cc1)c1ccc(O)c(F)c1)c1ccc2[nH]ncc2c1. The molecular formula is C26H26FN3O2. The molecule has 5 nitrogen and oxygen atoms in total. The first kappa shape index (κ1) is 21.6. The average Bonchev–Trinajstić information content (AvgIpc) is 3.28. The Hall–Kier alpha value is -3.64. The van der Waals surface area contributed by atoms with E-state index in [2.05, 4.69) is 28.5 Å². The highest BCUT2D eigenvalue weighted by molar-refractivity contribution is 6.00. The number of phenols is 1. The molecule has 3 N–H and O–H groups in total. The Bertz CT molecular complexity index is 1250. The lowest BCUT2D eigenvalue weighted by atomic mass is 9.88. The Labute approximate surface area is 186 Å². The topological polar surface area (TPSA) is 70.2 Å². The number of aromatic nitrogens is 2. The Kier molecular flexibility index (Phi) is 6.52. The highest BCUT2D eigenvalue weighted by Crippen LogP contribution is 2.37. The third-order valence-electron chi connectivity index (χ3n) is 5.44. The number of nitrogens with zero attached hydrogens (tertiary/aromatic N) is 1. The van der Waals surface area contributed by atoms with E-state index in [1.54, 1.807) is 12.3 Å². The van der Waals surface area contributed by atoms with Crippen molar-refractivity contribution in [1.82, 2.24) is 15.5 Å². The van der Waals surface area contributed by atoms with Crippen LogP contribution in [0.15, 0.2) is 66.9 Å². The Morgan fingerprint density at radius 2 is 1.78 bits per heavy atom. The fourth-order valence-electron chi connectivity index (χ4n) is 3.82. The van der Waals surface area contributed by atoms with Crippen LogP contribution in [0.3, 0.4) is 0 Å². The Morgan fingerprint density at radius 3 is 2.50 bits per heavy atom. The van der Waals surface area contributed by atoms with Crippen molar-refractivity contribution in [2.75, 3.05) is 20.2 Å². The number of rotatable bonds is 8. The maximum atomic E-state index is 14.3. The molecule has 0 unspecified atom stereocenters. The quantitative estimate of drug-likeness (QED) is 0.259. The van der Waals surface area contributed by atoms with Gasteiger partial charge in [0.15, 0.2) is 11.6 Å². The van der Waals surface area contributed by atoms with E-state index < -0.39 is 5.82 Å². The van der Waals surface area contributed by atoms with Crippen LogP contribution in [-0.2, 0) is 0 Å². The zero-order chi connectivity index (χ0) is 22.5.